The zero-order chi connectivity index (χ0) is 28.7. The molecule has 0 radical (unpaired) electrons. The summed E-state index contributed by atoms with van der Waals surface area (Å²) in [5, 5.41) is 7.73. The molecule has 11 nitrogen and oxygen atoms in total. The van der Waals surface area contributed by atoms with E-state index in [2.05, 4.69) is 45.5 Å². The first-order valence-electron chi connectivity index (χ1n) is 13.5. The van der Waals surface area contributed by atoms with Gasteiger partial charge >= 0.3 is 6.01 Å². The van der Waals surface area contributed by atoms with Crippen LogP contribution in [0.3, 0.4) is 0 Å². The van der Waals surface area contributed by atoms with Gasteiger partial charge in [-0.3, -0.25) is 9.89 Å². The van der Waals surface area contributed by atoms with Gasteiger partial charge in [0.25, 0.3) is 0 Å². The minimum absolute atomic E-state index is 0.0807. The van der Waals surface area contributed by atoms with E-state index in [1.54, 1.807) is 17.2 Å². The van der Waals surface area contributed by atoms with Gasteiger partial charge in [-0.15, -0.1) is 0 Å². The Labute approximate surface area is 240 Å². The molecule has 5 heterocycles. The number of fused-ring (bicyclic) bond motifs is 2. The first-order valence-corrected chi connectivity index (χ1v) is 13.9. The molecule has 1 N–H and O–H groups in total. The minimum Gasteiger partial charge on any atom is -0.458 e. The van der Waals surface area contributed by atoms with E-state index in [1.807, 2.05) is 0 Å². The lowest BCUT2D eigenvalue weighted by molar-refractivity contribution is -0.126. The highest BCUT2D eigenvalue weighted by Gasteiger charge is 2.29. The summed E-state index contributed by atoms with van der Waals surface area (Å²) in [5.74, 6) is 0.401. The van der Waals surface area contributed by atoms with Crippen LogP contribution < -0.4 is 14.4 Å². The Morgan fingerprint density at radius 2 is 2.02 bits per heavy atom. The lowest BCUT2D eigenvalue weighted by Gasteiger charge is -2.36. The molecule has 2 aliphatic rings. The van der Waals surface area contributed by atoms with Gasteiger partial charge in [0.05, 0.1) is 22.5 Å². The molecule has 6 rings (SSSR count). The first-order chi connectivity index (χ1) is 19.8. The van der Waals surface area contributed by atoms with E-state index >= 15 is 0 Å². The summed E-state index contributed by atoms with van der Waals surface area (Å²) in [7, 11) is 2.06. The number of pyridine rings is 1. The Bertz CT molecular complexity index is 1620. The van der Waals surface area contributed by atoms with Crippen molar-refractivity contribution < 1.29 is 18.7 Å². The third-order valence-electron chi connectivity index (χ3n) is 7.75. The fraction of sp³-hybridized carbons (Fsp3) is 0.393. The van der Waals surface area contributed by atoms with Crippen molar-refractivity contribution >= 4 is 45.1 Å². The number of likely N-dealkylation sites (tertiary alicyclic amines) is 1. The standard InChI is InChI=1S/C28H30ClFN8O3/c1-4-22(39)37-9-11-38(12-10-37)26-17-5-7-31-27(41-25-18-14-32-35-20(18)13-19(30)23(25)29)24(17)33-28(34-26)40-21-15-36(3)8-6-16(21)2/h4-5,7,13-14,16,21H,1,6,8-12,15H2,2-3H3,(H,32,35)/t16-,21-/m1/s1. The number of aromatic nitrogens is 5. The van der Waals surface area contributed by atoms with Crippen LogP contribution in [0.5, 0.6) is 17.6 Å². The summed E-state index contributed by atoms with van der Waals surface area (Å²) in [6.45, 7) is 9.64. The minimum atomic E-state index is -0.652. The third-order valence-corrected chi connectivity index (χ3v) is 8.10. The fourth-order valence-electron chi connectivity index (χ4n) is 5.31. The predicted octanol–water partition coefficient (Wildman–Crippen LogP) is 4.04. The predicted molar refractivity (Wildman–Crippen MR) is 153 cm³/mol. The second-order valence-electron chi connectivity index (χ2n) is 10.5. The number of piperidine rings is 1. The number of ether oxygens (including phenoxy) is 2. The number of nitrogens with one attached hydrogen (secondary N) is 1. The van der Waals surface area contributed by atoms with Crippen molar-refractivity contribution in [1.82, 2.24) is 34.9 Å². The van der Waals surface area contributed by atoms with Crippen molar-refractivity contribution in [3.63, 3.8) is 0 Å². The molecular weight excluding hydrogens is 551 g/mol. The molecule has 1 aromatic carbocycles. The molecule has 0 aliphatic carbocycles. The van der Waals surface area contributed by atoms with Crippen LogP contribution in [-0.2, 0) is 4.79 Å². The van der Waals surface area contributed by atoms with E-state index in [0.29, 0.717) is 59.7 Å². The van der Waals surface area contributed by atoms with Crippen LogP contribution in [0.1, 0.15) is 13.3 Å². The number of aromatic amines is 1. The number of carbonyl (C=O) groups is 1. The normalized spacial score (nSPS) is 20.0. The molecule has 13 heteroatoms. The first kappa shape index (κ1) is 27.2. The van der Waals surface area contributed by atoms with Crippen LogP contribution in [0, 0.1) is 11.7 Å². The highest BCUT2D eigenvalue weighted by atomic mass is 35.5. The lowest BCUT2D eigenvalue weighted by atomic mass is 9.96. The highest BCUT2D eigenvalue weighted by Crippen LogP contribution is 2.40. The molecule has 41 heavy (non-hydrogen) atoms. The number of hydrogen-bond donors (Lipinski definition) is 1. The summed E-state index contributed by atoms with van der Waals surface area (Å²) >= 11 is 6.35. The smallest absolute Gasteiger partial charge is 0.319 e. The molecule has 214 valence electrons. The summed E-state index contributed by atoms with van der Waals surface area (Å²) in [5.41, 5.74) is 0.828. The SMILES string of the molecule is C=CC(=O)N1CCN(c2nc(O[C@@H]3CN(C)CC[C@H]3C)nc3c(Oc4c(Cl)c(F)cc5[nH]ncc45)nccc23)CC1. The molecule has 3 aromatic heterocycles. The number of rotatable bonds is 6. The van der Waals surface area contributed by atoms with E-state index < -0.39 is 5.82 Å². The van der Waals surface area contributed by atoms with Gasteiger partial charge in [-0.2, -0.15) is 15.1 Å². The highest BCUT2D eigenvalue weighted by molar-refractivity contribution is 6.33. The average molecular weight is 581 g/mol. The second-order valence-corrected chi connectivity index (χ2v) is 10.9. The van der Waals surface area contributed by atoms with Crippen LogP contribution in [0.25, 0.3) is 21.8 Å². The number of carbonyl (C=O) groups excluding carboxylic acids is 1. The molecular formula is C28H30ClFN8O3. The van der Waals surface area contributed by atoms with E-state index in [1.165, 1.54) is 18.3 Å². The van der Waals surface area contributed by atoms with Crippen molar-refractivity contribution in [3.05, 3.63) is 48.0 Å². The van der Waals surface area contributed by atoms with Gasteiger partial charge in [-0.1, -0.05) is 25.1 Å². The molecule has 2 fully saturated rings. The largest absolute Gasteiger partial charge is 0.458 e. The van der Waals surface area contributed by atoms with E-state index in [9.17, 15) is 9.18 Å². The summed E-state index contributed by atoms with van der Waals surface area (Å²) in [6, 6.07) is 3.26. The van der Waals surface area contributed by atoms with Gasteiger partial charge in [0, 0.05) is 45.0 Å². The number of piperazine rings is 1. The zero-order valence-corrected chi connectivity index (χ0v) is 23.6. The number of amides is 1. The van der Waals surface area contributed by atoms with Crippen molar-refractivity contribution in [3.8, 4) is 17.6 Å². The van der Waals surface area contributed by atoms with Crippen molar-refractivity contribution in [1.29, 1.82) is 0 Å². The number of likely N-dealkylation sites (N-methyl/N-ethyl adjacent to an activating group) is 1. The monoisotopic (exact) mass is 580 g/mol. The number of anilines is 1. The van der Waals surface area contributed by atoms with Crippen LogP contribution in [0.15, 0.2) is 37.2 Å². The zero-order valence-electron chi connectivity index (χ0n) is 22.8. The summed E-state index contributed by atoms with van der Waals surface area (Å²) < 4.78 is 27.2. The Morgan fingerprint density at radius 3 is 2.80 bits per heavy atom. The van der Waals surface area contributed by atoms with Gasteiger partial charge in [0.15, 0.2) is 5.75 Å². The number of hydrogen-bond acceptors (Lipinski definition) is 9. The Balaban J connectivity index is 1.43. The topological polar surface area (TPSA) is 113 Å². The van der Waals surface area contributed by atoms with Gasteiger partial charge in [0.1, 0.15) is 28.3 Å². The van der Waals surface area contributed by atoms with Crippen LogP contribution in [0.4, 0.5) is 10.2 Å². The van der Waals surface area contributed by atoms with Crippen LogP contribution in [-0.4, -0.2) is 93.3 Å². The molecule has 2 saturated heterocycles. The van der Waals surface area contributed by atoms with Crippen molar-refractivity contribution in [2.24, 2.45) is 5.92 Å². The van der Waals surface area contributed by atoms with Crippen LogP contribution >= 0.6 is 11.6 Å². The molecule has 0 saturated carbocycles. The molecule has 0 spiro atoms. The van der Waals surface area contributed by atoms with Gasteiger partial charge in [-0.25, -0.2) is 9.37 Å². The Morgan fingerprint density at radius 1 is 1.22 bits per heavy atom. The Kier molecular flexibility index (Phi) is 7.35. The van der Waals surface area contributed by atoms with E-state index in [-0.39, 0.29) is 34.7 Å². The number of halogens is 2. The van der Waals surface area contributed by atoms with Crippen molar-refractivity contribution in [2.75, 3.05) is 51.2 Å². The molecule has 0 unspecified atom stereocenters. The molecule has 1 amide bonds. The third kappa shape index (κ3) is 5.24. The second kappa shape index (κ2) is 11.1. The van der Waals surface area contributed by atoms with Crippen LogP contribution in [0.2, 0.25) is 5.02 Å². The van der Waals surface area contributed by atoms with Gasteiger partial charge < -0.3 is 24.2 Å². The molecule has 2 atom stereocenters. The quantitative estimate of drug-likeness (QED) is 0.338. The van der Waals surface area contributed by atoms with Crippen molar-refractivity contribution in [2.45, 2.75) is 19.4 Å². The molecule has 2 aliphatic heterocycles. The number of nitrogens with zero attached hydrogens (tertiary/aromatic N) is 7. The fourth-order valence-corrected chi connectivity index (χ4v) is 5.50. The number of H-pyrrole nitrogens is 1. The van der Waals surface area contributed by atoms with E-state index in [4.69, 9.17) is 31.0 Å². The Hall–Kier alpha value is -4.03. The lowest BCUT2D eigenvalue weighted by Crippen LogP contribution is -2.48. The maximum Gasteiger partial charge on any atom is 0.319 e. The molecule has 0 bridgehead atoms. The maximum atomic E-state index is 14.6. The summed E-state index contributed by atoms with van der Waals surface area (Å²) in [4.78, 5) is 32.3. The van der Waals surface area contributed by atoms with Gasteiger partial charge in [-0.05, 0) is 38.1 Å². The molecule has 4 aromatic rings. The maximum absolute atomic E-state index is 14.6. The average Bonchev–Trinajstić information content (AvgIpc) is 3.45. The van der Waals surface area contributed by atoms with E-state index in [0.717, 1.165) is 19.5 Å². The van der Waals surface area contributed by atoms with Gasteiger partial charge in [0.2, 0.25) is 11.8 Å². The number of benzene rings is 1. The summed E-state index contributed by atoms with van der Waals surface area (Å²) in [6.07, 6.45) is 5.32.